The molecule has 1 amide bonds. The fraction of sp³-hybridized carbons (Fsp3) is 0.643. The van der Waals surface area contributed by atoms with Crippen molar-refractivity contribution < 1.29 is 9.21 Å². The zero-order valence-electron chi connectivity index (χ0n) is 11.6. The van der Waals surface area contributed by atoms with E-state index in [9.17, 15) is 4.79 Å². The smallest absolute Gasteiger partial charge is 0.236 e. The predicted octanol–water partition coefficient (Wildman–Crippen LogP) is 2.73. The number of nitrogens with zero attached hydrogens (tertiary/aromatic N) is 2. The van der Waals surface area contributed by atoms with Crippen LogP contribution in [0.25, 0.3) is 0 Å². The summed E-state index contributed by atoms with van der Waals surface area (Å²) in [5.41, 5.74) is 0. The number of hydrogen-bond donors (Lipinski definition) is 0. The minimum atomic E-state index is 0.222. The second kappa shape index (κ2) is 6.57. The van der Waals surface area contributed by atoms with Crippen LogP contribution in [0.2, 0.25) is 0 Å². The number of hydrogen-bond acceptors (Lipinski definition) is 3. The van der Waals surface area contributed by atoms with Crippen LogP contribution in [0.3, 0.4) is 0 Å². The minimum absolute atomic E-state index is 0.222. The molecule has 0 N–H and O–H groups in total. The largest absolute Gasteiger partial charge is 0.453 e. The van der Waals surface area contributed by atoms with Gasteiger partial charge in [0.15, 0.2) is 4.67 Å². The number of likely N-dealkylation sites (N-methyl/N-ethyl adjacent to an activating group) is 1. The van der Waals surface area contributed by atoms with Crippen LogP contribution < -0.4 is 0 Å². The molecule has 0 bridgehead atoms. The van der Waals surface area contributed by atoms with Gasteiger partial charge in [0.25, 0.3) is 0 Å². The van der Waals surface area contributed by atoms with E-state index in [0.717, 1.165) is 42.3 Å². The first-order valence-electron chi connectivity index (χ1n) is 6.75. The molecule has 0 aromatic carbocycles. The van der Waals surface area contributed by atoms with E-state index in [0.29, 0.717) is 13.1 Å². The fourth-order valence-electron chi connectivity index (χ4n) is 2.35. The SMILES string of the molecule is CC1CCN(C(=O)CN(C)Cc2ccc(Br)o2)CC1. The molecular weight excluding hydrogens is 308 g/mol. The summed E-state index contributed by atoms with van der Waals surface area (Å²) in [6.45, 7) is 5.16. The van der Waals surface area contributed by atoms with Crippen molar-refractivity contribution >= 4 is 21.8 Å². The van der Waals surface area contributed by atoms with Crippen molar-refractivity contribution in [3.63, 3.8) is 0 Å². The van der Waals surface area contributed by atoms with Gasteiger partial charge in [-0.3, -0.25) is 9.69 Å². The Balaban J connectivity index is 1.78. The summed E-state index contributed by atoms with van der Waals surface area (Å²) < 4.78 is 6.17. The van der Waals surface area contributed by atoms with Crippen LogP contribution >= 0.6 is 15.9 Å². The monoisotopic (exact) mass is 328 g/mol. The molecule has 4 nitrogen and oxygen atoms in total. The molecule has 106 valence electrons. The molecule has 1 aliphatic heterocycles. The van der Waals surface area contributed by atoms with Gasteiger partial charge in [0.1, 0.15) is 5.76 Å². The Morgan fingerprint density at radius 2 is 2.16 bits per heavy atom. The lowest BCUT2D eigenvalue weighted by Gasteiger charge is -2.31. The Morgan fingerprint density at radius 1 is 1.47 bits per heavy atom. The van der Waals surface area contributed by atoms with Crippen LogP contribution in [0.5, 0.6) is 0 Å². The van der Waals surface area contributed by atoms with Gasteiger partial charge in [-0.2, -0.15) is 0 Å². The summed E-state index contributed by atoms with van der Waals surface area (Å²) in [4.78, 5) is 16.1. The summed E-state index contributed by atoms with van der Waals surface area (Å²) in [7, 11) is 1.95. The maximum absolute atomic E-state index is 12.2. The van der Waals surface area contributed by atoms with Gasteiger partial charge in [-0.1, -0.05) is 6.92 Å². The fourth-order valence-corrected chi connectivity index (χ4v) is 2.69. The Morgan fingerprint density at radius 3 is 2.74 bits per heavy atom. The molecule has 1 aromatic heterocycles. The second-order valence-corrected chi connectivity index (χ2v) is 6.22. The van der Waals surface area contributed by atoms with Crippen molar-refractivity contribution in [2.45, 2.75) is 26.3 Å². The van der Waals surface area contributed by atoms with Gasteiger partial charge in [0, 0.05) is 13.1 Å². The normalized spacial score (nSPS) is 17.2. The molecule has 1 fully saturated rings. The number of furan rings is 1. The highest BCUT2D eigenvalue weighted by Gasteiger charge is 2.21. The Labute approximate surface area is 122 Å². The number of carbonyl (C=O) groups excluding carboxylic acids is 1. The van der Waals surface area contributed by atoms with Crippen molar-refractivity contribution in [2.24, 2.45) is 5.92 Å². The number of piperidine rings is 1. The van der Waals surface area contributed by atoms with Crippen LogP contribution in [0.15, 0.2) is 21.2 Å². The molecule has 1 saturated heterocycles. The Hall–Kier alpha value is -0.810. The minimum Gasteiger partial charge on any atom is -0.453 e. The first-order chi connectivity index (χ1) is 9.04. The van der Waals surface area contributed by atoms with Gasteiger partial charge in [0.05, 0.1) is 13.1 Å². The molecule has 0 spiro atoms. The highest BCUT2D eigenvalue weighted by atomic mass is 79.9. The highest BCUT2D eigenvalue weighted by molar-refractivity contribution is 9.10. The van der Waals surface area contributed by atoms with Crippen molar-refractivity contribution in [2.75, 3.05) is 26.7 Å². The molecule has 0 aliphatic carbocycles. The predicted molar refractivity (Wildman–Crippen MR) is 77.7 cm³/mol. The lowest BCUT2D eigenvalue weighted by molar-refractivity contribution is -0.133. The first-order valence-corrected chi connectivity index (χ1v) is 7.54. The third kappa shape index (κ3) is 4.35. The number of carbonyl (C=O) groups is 1. The third-order valence-corrected chi connectivity index (χ3v) is 4.02. The number of rotatable bonds is 4. The van der Waals surface area contributed by atoms with Gasteiger partial charge in [-0.25, -0.2) is 0 Å². The lowest BCUT2D eigenvalue weighted by Crippen LogP contribution is -2.42. The summed E-state index contributed by atoms with van der Waals surface area (Å²) >= 11 is 3.28. The first kappa shape index (κ1) is 14.6. The van der Waals surface area contributed by atoms with E-state index in [4.69, 9.17) is 4.42 Å². The van der Waals surface area contributed by atoms with E-state index in [1.165, 1.54) is 0 Å². The Bertz CT molecular complexity index is 425. The zero-order chi connectivity index (χ0) is 13.8. The van der Waals surface area contributed by atoms with Crippen molar-refractivity contribution in [1.29, 1.82) is 0 Å². The number of likely N-dealkylation sites (tertiary alicyclic amines) is 1. The second-order valence-electron chi connectivity index (χ2n) is 5.44. The van der Waals surface area contributed by atoms with Gasteiger partial charge in [0.2, 0.25) is 5.91 Å². The van der Waals surface area contributed by atoms with Crippen molar-refractivity contribution in [1.82, 2.24) is 9.80 Å². The van der Waals surface area contributed by atoms with E-state index < -0.39 is 0 Å². The van der Waals surface area contributed by atoms with Crippen LogP contribution in [-0.4, -0.2) is 42.4 Å². The van der Waals surface area contributed by atoms with Crippen LogP contribution in [-0.2, 0) is 11.3 Å². The lowest BCUT2D eigenvalue weighted by atomic mass is 9.99. The zero-order valence-corrected chi connectivity index (χ0v) is 13.1. The molecular formula is C14H21BrN2O2. The van der Waals surface area contributed by atoms with E-state index >= 15 is 0 Å². The van der Waals surface area contributed by atoms with Crippen LogP contribution in [0, 0.1) is 5.92 Å². The molecule has 0 atom stereocenters. The van der Waals surface area contributed by atoms with Gasteiger partial charge in [-0.05, 0) is 53.9 Å². The van der Waals surface area contributed by atoms with Crippen LogP contribution in [0.1, 0.15) is 25.5 Å². The summed E-state index contributed by atoms with van der Waals surface area (Å²) in [6, 6.07) is 3.80. The summed E-state index contributed by atoms with van der Waals surface area (Å²) in [6.07, 6.45) is 2.25. The Kier molecular flexibility index (Phi) is 5.05. The summed E-state index contributed by atoms with van der Waals surface area (Å²) in [5.74, 6) is 1.84. The molecule has 1 aliphatic rings. The van der Waals surface area contributed by atoms with Gasteiger partial charge in [-0.15, -0.1) is 0 Å². The van der Waals surface area contributed by atoms with Crippen molar-refractivity contribution in [3.05, 3.63) is 22.6 Å². The van der Waals surface area contributed by atoms with E-state index in [-0.39, 0.29) is 5.91 Å². The molecule has 0 saturated carbocycles. The molecule has 2 heterocycles. The maximum Gasteiger partial charge on any atom is 0.236 e. The van der Waals surface area contributed by atoms with E-state index in [1.807, 2.05) is 29.0 Å². The van der Waals surface area contributed by atoms with Gasteiger partial charge < -0.3 is 9.32 Å². The molecule has 5 heteroatoms. The van der Waals surface area contributed by atoms with Crippen LogP contribution in [0.4, 0.5) is 0 Å². The van der Waals surface area contributed by atoms with E-state index in [2.05, 4.69) is 22.9 Å². The number of halogens is 1. The molecule has 19 heavy (non-hydrogen) atoms. The topological polar surface area (TPSA) is 36.7 Å². The number of amides is 1. The quantitative estimate of drug-likeness (QED) is 0.852. The standard InChI is InChI=1S/C14H21BrN2O2/c1-11-5-7-17(8-6-11)14(18)10-16(2)9-12-3-4-13(15)19-12/h3-4,11H,5-10H2,1-2H3. The van der Waals surface area contributed by atoms with E-state index in [1.54, 1.807) is 0 Å². The average Bonchev–Trinajstić information content (AvgIpc) is 2.75. The molecule has 1 aromatic rings. The third-order valence-electron chi connectivity index (χ3n) is 3.60. The highest BCUT2D eigenvalue weighted by Crippen LogP contribution is 2.17. The van der Waals surface area contributed by atoms with Crippen molar-refractivity contribution in [3.8, 4) is 0 Å². The molecule has 0 unspecified atom stereocenters. The average molecular weight is 329 g/mol. The maximum atomic E-state index is 12.2. The molecule has 2 rings (SSSR count). The molecule has 0 radical (unpaired) electrons. The van der Waals surface area contributed by atoms with Gasteiger partial charge >= 0.3 is 0 Å². The summed E-state index contributed by atoms with van der Waals surface area (Å²) in [5, 5.41) is 0.